The first-order valence-corrected chi connectivity index (χ1v) is 8.39. The molecule has 21 heavy (non-hydrogen) atoms. The van der Waals surface area contributed by atoms with Gasteiger partial charge in [0.2, 0.25) is 5.91 Å². The van der Waals surface area contributed by atoms with Crippen molar-refractivity contribution in [3.63, 3.8) is 0 Å². The third-order valence-corrected chi connectivity index (χ3v) is 4.88. The number of carbonyl (C=O) groups is 1. The summed E-state index contributed by atoms with van der Waals surface area (Å²) < 4.78 is 0. The van der Waals surface area contributed by atoms with Crippen molar-refractivity contribution in [1.29, 1.82) is 0 Å². The van der Waals surface area contributed by atoms with Crippen LogP contribution in [0.3, 0.4) is 0 Å². The minimum Gasteiger partial charge on any atom is -0.343 e. The van der Waals surface area contributed by atoms with Crippen LogP contribution in [0.25, 0.3) is 0 Å². The lowest BCUT2D eigenvalue weighted by atomic mass is 9.95. The summed E-state index contributed by atoms with van der Waals surface area (Å²) in [5.74, 6) is 0.566. The minimum absolute atomic E-state index is 0.222. The fourth-order valence-electron chi connectivity index (χ4n) is 3.15. The lowest BCUT2D eigenvalue weighted by Gasteiger charge is -2.31. The summed E-state index contributed by atoms with van der Waals surface area (Å²) in [7, 11) is 0. The monoisotopic (exact) mass is 309 g/mol. The van der Waals surface area contributed by atoms with E-state index in [2.05, 4.69) is 19.9 Å². The van der Waals surface area contributed by atoms with Crippen molar-refractivity contribution >= 4 is 17.5 Å². The van der Waals surface area contributed by atoms with E-state index in [9.17, 15) is 4.79 Å². The number of quaternary nitrogens is 1. The van der Waals surface area contributed by atoms with Crippen molar-refractivity contribution in [2.75, 3.05) is 26.2 Å². The van der Waals surface area contributed by atoms with Crippen LogP contribution in [-0.2, 0) is 11.3 Å². The molecule has 0 aromatic heterocycles. The third kappa shape index (κ3) is 4.21. The molecule has 1 aliphatic rings. The standard InChI is InChI=1S/C17H25ClN2O/c1-3-20(4-2)17(21)14-9-11-19(12-10-14)13-15-7-5-6-8-16(15)18/h5-8,14H,3-4,9-13H2,1-2H3/p+1. The molecule has 1 N–H and O–H groups in total. The highest BCUT2D eigenvalue weighted by Crippen LogP contribution is 2.16. The van der Waals surface area contributed by atoms with E-state index >= 15 is 0 Å². The number of amides is 1. The molecule has 1 amide bonds. The van der Waals surface area contributed by atoms with Crippen molar-refractivity contribution in [3.8, 4) is 0 Å². The summed E-state index contributed by atoms with van der Waals surface area (Å²) in [6.45, 7) is 8.83. The first-order valence-electron chi connectivity index (χ1n) is 8.01. The molecule has 1 aromatic carbocycles. The van der Waals surface area contributed by atoms with E-state index in [0.717, 1.165) is 50.6 Å². The SMILES string of the molecule is CCN(CC)C(=O)C1CC[NH+](Cc2ccccc2Cl)CC1. The Balaban J connectivity index is 1.86. The number of carbonyl (C=O) groups excluding carboxylic acids is 1. The maximum absolute atomic E-state index is 12.4. The highest BCUT2D eigenvalue weighted by Gasteiger charge is 2.29. The van der Waals surface area contributed by atoms with Crippen LogP contribution in [0.1, 0.15) is 32.3 Å². The highest BCUT2D eigenvalue weighted by atomic mass is 35.5. The Labute approximate surface area is 132 Å². The Kier molecular flexibility index (Phi) is 6.07. The fraction of sp³-hybridized carbons (Fsp3) is 0.588. The average Bonchev–Trinajstić information content (AvgIpc) is 2.51. The highest BCUT2D eigenvalue weighted by molar-refractivity contribution is 6.31. The largest absolute Gasteiger partial charge is 0.343 e. The van der Waals surface area contributed by atoms with Crippen LogP contribution in [0, 0.1) is 5.92 Å². The molecular weight excluding hydrogens is 284 g/mol. The molecule has 0 radical (unpaired) electrons. The predicted octanol–water partition coefficient (Wildman–Crippen LogP) is 2.00. The summed E-state index contributed by atoms with van der Waals surface area (Å²) >= 11 is 6.23. The topological polar surface area (TPSA) is 24.8 Å². The van der Waals surface area contributed by atoms with Gasteiger partial charge in [-0.2, -0.15) is 0 Å². The summed E-state index contributed by atoms with van der Waals surface area (Å²) in [6, 6.07) is 8.06. The molecular formula is C17H26ClN2O+. The van der Waals surface area contributed by atoms with Crippen molar-refractivity contribution in [2.24, 2.45) is 5.92 Å². The second kappa shape index (κ2) is 7.81. The zero-order chi connectivity index (χ0) is 15.2. The fourth-order valence-corrected chi connectivity index (χ4v) is 3.36. The Bertz CT molecular complexity index is 466. The van der Waals surface area contributed by atoms with Gasteiger partial charge in [-0.05, 0) is 19.9 Å². The lowest BCUT2D eigenvalue weighted by Crippen LogP contribution is -3.11. The molecule has 4 heteroatoms. The number of piperidine rings is 1. The minimum atomic E-state index is 0.222. The van der Waals surface area contributed by atoms with Crippen molar-refractivity contribution in [3.05, 3.63) is 34.9 Å². The molecule has 1 heterocycles. The maximum Gasteiger partial charge on any atom is 0.226 e. The van der Waals surface area contributed by atoms with Gasteiger partial charge in [0.1, 0.15) is 6.54 Å². The van der Waals surface area contributed by atoms with Crippen molar-refractivity contribution < 1.29 is 9.69 Å². The van der Waals surface area contributed by atoms with Gasteiger partial charge in [0, 0.05) is 42.4 Å². The van der Waals surface area contributed by atoms with Crippen LogP contribution in [0.4, 0.5) is 0 Å². The van der Waals surface area contributed by atoms with E-state index in [1.54, 1.807) is 0 Å². The van der Waals surface area contributed by atoms with Gasteiger partial charge in [0.25, 0.3) is 0 Å². The molecule has 1 fully saturated rings. The zero-order valence-corrected chi connectivity index (χ0v) is 13.8. The Morgan fingerprint density at radius 1 is 1.24 bits per heavy atom. The van der Waals surface area contributed by atoms with Crippen LogP contribution >= 0.6 is 11.6 Å². The molecule has 0 aliphatic carbocycles. The number of halogens is 1. The van der Waals surface area contributed by atoms with E-state index in [4.69, 9.17) is 11.6 Å². The number of hydrogen-bond donors (Lipinski definition) is 1. The summed E-state index contributed by atoms with van der Waals surface area (Å²) in [4.78, 5) is 15.9. The molecule has 3 nitrogen and oxygen atoms in total. The third-order valence-electron chi connectivity index (χ3n) is 4.52. The quantitative estimate of drug-likeness (QED) is 0.884. The lowest BCUT2D eigenvalue weighted by molar-refractivity contribution is -0.919. The number of nitrogens with one attached hydrogen (secondary N) is 1. The molecule has 0 saturated carbocycles. The maximum atomic E-state index is 12.4. The number of benzene rings is 1. The summed E-state index contributed by atoms with van der Waals surface area (Å²) in [6.07, 6.45) is 1.99. The van der Waals surface area contributed by atoms with Crippen molar-refractivity contribution in [2.45, 2.75) is 33.2 Å². The van der Waals surface area contributed by atoms with Crippen LogP contribution in [0.5, 0.6) is 0 Å². The van der Waals surface area contributed by atoms with Gasteiger partial charge in [0.05, 0.1) is 13.1 Å². The number of likely N-dealkylation sites (tertiary alicyclic amines) is 1. The van der Waals surface area contributed by atoms with Gasteiger partial charge in [0.15, 0.2) is 0 Å². The van der Waals surface area contributed by atoms with Crippen molar-refractivity contribution in [1.82, 2.24) is 4.90 Å². The summed E-state index contributed by atoms with van der Waals surface area (Å²) in [5, 5.41) is 0.853. The first kappa shape index (κ1) is 16.3. The van der Waals surface area contributed by atoms with Crippen LogP contribution < -0.4 is 4.90 Å². The molecule has 1 aromatic rings. The van der Waals surface area contributed by atoms with Gasteiger partial charge < -0.3 is 9.80 Å². The van der Waals surface area contributed by atoms with E-state index < -0.39 is 0 Å². The number of rotatable bonds is 5. The molecule has 0 spiro atoms. The smallest absolute Gasteiger partial charge is 0.226 e. The zero-order valence-electron chi connectivity index (χ0n) is 13.1. The van der Waals surface area contributed by atoms with Crippen LogP contribution in [-0.4, -0.2) is 37.0 Å². The normalized spacial score (nSPS) is 22.0. The predicted molar refractivity (Wildman–Crippen MR) is 86.5 cm³/mol. The molecule has 0 bridgehead atoms. The van der Waals surface area contributed by atoms with Crippen LogP contribution in [0.15, 0.2) is 24.3 Å². The Hall–Kier alpha value is -1.06. The number of hydrogen-bond acceptors (Lipinski definition) is 1. The van der Waals surface area contributed by atoms with E-state index in [0.29, 0.717) is 5.91 Å². The Morgan fingerprint density at radius 3 is 2.43 bits per heavy atom. The van der Waals surface area contributed by atoms with Gasteiger partial charge in [-0.3, -0.25) is 4.79 Å². The molecule has 0 unspecified atom stereocenters. The molecule has 1 aliphatic heterocycles. The van der Waals surface area contributed by atoms with E-state index in [-0.39, 0.29) is 5.92 Å². The van der Waals surface area contributed by atoms with Gasteiger partial charge in [-0.25, -0.2) is 0 Å². The molecule has 2 rings (SSSR count). The molecule has 116 valence electrons. The summed E-state index contributed by atoms with van der Waals surface area (Å²) in [5.41, 5.74) is 1.21. The second-order valence-electron chi connectivity index (χ2n) is 5.80. The molecule has 1 saturated heterocycles. The first-order chi connectivity index (χ1) is 10.2. The van der Waals surface area contributed by atoms with Gasteiger partial charge in [-0.15, -0.1) is 0 Å². The second-order valence-corrected chi connectivity index (χ2v) is 6.21. The van der Waals surface area contributed by atoms with Crippen LogP contribution in [0.2, 0.25) is 5.02 Å². The number of nitrogens with zero attached hydrogens (tertiary/aromatic N) is 1. The van der Waals surface area contributed by atoms with E-state index in [1.165, 1.54) is 10.5 Å². The van der Waals surface area contributed by atoms with Gasteiger partial charge >= 0.3 is 0 Å². The average molecular weight is 310 g/mol. The van der Waals surface area contributed by atoms with Gasteiger partial charge in [-0.1, -0.05) is 29.8 Å². The van der Waals surface area contributed by atoms with E-state index in [1.807, 2.05) is 23.1 Å². The Morgan fingerprint density at radius 2 is 1.86 bits per heavy atom. The molecule has 0 atom stereocenters.